The van der Waals surface area contributed by atoms with Crippen molar-refractivity contribution in [2.24, 2.45) is 5.92 Å². The van der Waals surface area contributed by atoms with Crippen LogP contribution in [0.4, 0.5) is 4.79 Å². The number of rotatable bonds is 4. The van der Waals surface area contributed by atoms with E-state index in [9.17, 15) is 9.90 Å². The van der Waals surface area contributed by atoms with E-state index >= 15 is 0 Å². The van der Waals surface area contributed by atoms with Gasteiger partial charge in [0.15, 0.2) is 0 Å². The van der Waals surface area contributed by atoms with E-state index in [0.29, 0.717) is 0 Å². The summed E-state index contributed by atoms with van der Waals surface area (Å²) < 4.78 is 5.24. The van der Waals surface area contributed by atoms with E-state index in [1.165, 1.54) is 0 Å². The number of aliphatic hydroxyl groups excluding tert-OH is 1. The summed E-state index contributed by atoms with van der Waals surface area (Å²) in [6.07, 6.45) is -1.27. The molecule has 20 heavy (non-hydrogen) atoms. The van der Waals surface area contributed by atoms with E-state index in [4.69, 9.17) is 4.74 Å². The van der Waals surface area contributed by atoms with Crippen LogP contribution in [-0.2, 0) is 4.74 Å². The molecule has 0 aromatic heterocycles. The van der Waals surface area contributed by atoms with Crippen LogP contribution in [0.3, 0.4) is 0 Å². The smallest absolute Gasteiger partial charge is 0.407 e. The van der Waals surface area contributed by atoms with Crippen LogP contribution in [0.1, 0.15) is 46.3 Å². The van der Waals surface area contributed by atoms with E-state index in [-0.39, 0.29) is 5.92 Å². The Balaban J connectivity index is 2.77. The van der Waals surface area contributed by atoms with Gasteiger partial charge in [0, 0.05) is 0 Å². The fourth-order valence-corrected chi connectivity index (χ4v) is 1.91. The van der Waals surface area contributed by atoms with Crippen molar-refractivity contribution in [2.45, 2.75) is 52.4 Å². The molecule has 0 radical (unpaired) electrons. The molecular weight excluding hydrogens is 254 g/mol. The van der Waals surface area contributed by atoms with Crippen LogP contribution in [0.15, 0.2) is 30.3 Å². The normalized spacial score (nSPS) is 14.8. The highest BCUT2D eigenvalue weighted by Gasteiger charge is 2.27. The summed E-state index contributed by atoms with van der Waals surface area (Å²) in [5.74, 6) is 0.0812. The zero-order valence-corrected chi connectivity index (χ0v) is 12.9. The Kier molecular flexibility index (Phi) is 5.57. The highest BCUT2D eigenvalue weighted by molar-refractivity contribution is 5.68. The number of alkyl carbamates (subject to hydrolysis) is 1. The molecule has 0 aliphatic heterocycles. The van der Waals surface area contributed by atoms with Crippen LogP contribution in [-0.4, -0.2) is 22.8 Å². The summed E-state index contributed by atoms with van der Waals surface area (Å²) >= 11 is 0. The lowest BCUT2D eigenvalue weighted by Crippen LogP contribution is -2.45. The minimum Gasteiger partial charge on any atom is -0.444 e. The van der Waals surface area contributed by atoms with Crippen LogP contribution >= 0.6 is 0 Å². The van der Waals surface area contributed by atoms with E-state index in [2.05, 4.69) is 5.32 Å². The molecule has 0 bridgehead atoms. The molecule has 4 heteroatoms. The van der Waals surface area contributed by atoms with Crippen molar-refractivity contribution in [3.8, 4) is 0 Å². The van der Waals surface area contributed by atoms with Crippen LogP contribution in [0, 0.1) is 5.92 Å². The molecule has 0 spiro atoms. The minimum atomic E-state index is -0.760. The fourth-order valence-electron chi connectivity index (χ4n) is 1.91. The first-order valence-electron chi connectivity index (χ1n) is 6.93. The number of hydrogen-bond acceptors (Lipinski definition) is 3. The second-order valence-corrected chi connectivity index (χ2v) is 6.27. The second kappa shape index (κ2) is 6.75. The van der Waals surface area contributed by atoms with Crippen molar-refractivity contribution in [1.29, 1.82) is 0 Å². The number of aliphatic hydroxyl groups is 1. The number of hydrogen-bond donors (Lipinski definition) is 2. The standard InChI is InChI=1S/C16H25NO3/c1-11(2)13(17-15(19)20-16(3,4)5)14(18)12-9-7-6-8-10-12/h6-11,13-14,18H,1-5H3,(H,17,19)/t13-,14?/m0/s1. The summed E-state index contributed by atoms with van der Waals surface area (Å²) in [5.41, 5.74) is 0.228. The Labute approximate surface area is 121 Å². The lowest BCUT2D eigenvalue weighted by atomic mass is 9.93. The maximum absolute atomic E-state index is 11.9. The average Bonchev–Trinajstić information content (AvgIpc) is 2.34. The molecule has 0 saturated carbocycles. The molecule has 2 atom stereocenters. The molecule has 0 heterocycles. The predicted octanol–water partition coefficient (Wildman–Crippen LogP) is 3.27. The molecule has 0 aliphatic carbocycles. The molecule has 4 nitrogen and oxygen atoms in total. The first-order chi connectivity index (χ1) is 9.20. The third-order valence-corrected chi connectivity index (χ3v) is 2.88. The van der Waals surface area contributed by atoms with Gasteiger partial charge in [-0.3, -0.25) is 0 Å². The van der Waals surface area contributed by atoms with Gasteiger partial charge in [0.1, 0.15) is 5.60 Å². The number of nitrogens with one attached hydrogen (secondary N) is 1. The Bertz CT molecular complexity index is 423. The van der Waals surface area contributed by atoms with Gasteiger partial charge in [-0.25, -0.2) is 4.79 Å². The summed E-state index contributed by atoms with van der Waals surface area (Å²) in [7, 11) is 0. The van der Waals surface area contributed by atoms with Crippen molar-refractivity contribution in [2.75, 3.05) is 0 Å². The van der Waals surface area contributed by atoms with Crippen LogP contribution in [0.5, 0.6) is 0 Å². The monoisotopic (exact) mass is 279 g/mol. The molecule has 1 aromatic carbocycles. The molecule has 1 unspecified atom stereocenters. The van der Waals surface area contributed by atoms with Gasteiger partial charge in [0.25, 0.3) is 0 Å². The van der Waals surface area contributed by atoms with Crippen molar-refractivity contribution in [1.82, 2.24) is 5.32 Å². The van der Waals surface area contributed by atoms with E-state index < -0.39 is 23.8 Å². The summed E-state index contributed by atoms with van der Waals surface area (Å²) in [4.78, 5) is 11.9. The van der Waals surface area contributed by atoms with Crippen LogP contribution in [0.25, 0.3) is 0 Å². The molecule has 0 fully saturated rings. The summed E-state index contributed by atoms with van der Waals surface area (Å²) in [5, 5.41) is 13.2. The topological polar surface area (TPSA) is 58.6 Å². The van der Waals surface area contributed by atoms with E-state index in [1.54, 1.807) is 0 Å². The van der Waals surface area contributed by atoms with Gasteiger partial charge in [-0.15, -0.1) is 0 Å². The molecular formula is C16H25NO3. The lowest BCUT2D eigenvalue weighted by molar-refractivity contribution is 0.0374. The maximum Gasteiger partial charge on any atom is 0.407 e. The van der Waals surface area contributed by atoms with Gasteiger partial charge < -0.3 is 15.2 Å². The van der Waals surface area contributed by atoms with Gasteiger partial charge in [0.05, 0.1) is 12.1 Å². The largest absolute Gasteiger partial charge is 0.444 e. The summed E-state index contributed by atoms with van der Waals surface area (Å²) in [6, 6.07) is 8.91. The summed E-state index contributed by atoms with van der Waals surface area (Å²) in [6.45, 7) is 9.34. The number of amides is 1. The minimum absolute atomic E-state index is 0.0812. The van der Waals surface area contributed by atoms with Crippen molar-refractivity contribution in [3.05, 3.63) is 35.9 Å². The van der Waals surface area contributed by atoms with Crippen molar-refractivity contribution >= 4 is 6.09 Å². The quantitative estimate of drug-likeness (QED) is 0.889. The van der Waals surface area contributed by atoms with Gasteiger partial charge in [-0.1, -0.05) is 44.2 Å². The SMILES string of the molecule is CC(C)[C@H](NC(=O)OC(C)(C)C)C(O)c1ccccc1. The van der Waals surface area contributed by atoms with E-state index in [0.717, 1.165) is 5.56 Å². The zero-order valence-electron chi connectivity index (χ0n) is 12.9. The maximum atomic E-state index is 11.9. The van der Waals surface area contributed by atoms with Crippen molar-refractivity contribution < 1.29 is 14.6 Å². The molecule has 0 saturated heterocycles. The molecule has 2 N–H and O–H groups in total. The molecule has 1 rings (SSSR count). The third kappa shape index (κ3) is 5.21. The molecule has 1 aromatic rings. The number of carbonyl (C=O) groups is 1. The van der Waals surface area contributed by atoms with Crippen LogP contribution in [0.2, 0.25) is 0 Å². The third-order valence-electron chi connectivity index (χ3n) is 2.88. The predicted molar refractivity (Wildman–Crippen MR) is 79.4 cm³/mol. The first-order valence-corrected chi connectivity index (χ1v) is 6.93. The number of carbonyl (C=O) groups excluding carboxylic acids is 1. The Morgan fingerprint density at radius 3 is 2.20 bits per heavy atom. The molecule has 1 amide bonds. The van der Waals surface area contributed by atoms with Crippen molar-refractivity contribution in [3.63, 3.8) is 0 Å². The molecule has 0 aliphatic rings. The highest BCUT2D eigenvalue weighted by atomic mass is 16.6. The fraction of sp³-hybridized carbons (Fsp3) is 0.562. The zero-order chi connectivity index (χ0) is 15.3. The Morgan fingerprint density at radius 2 is 1.75 bits per heavy atom. The van der Waals surface area contributed by atoms with Gasteiger partial charge in [-0.05, 0) is 32.3 Å². The van der Waals surface area contributed by atoms with E-state index in [1.807, 2.05) is 65.0 Å². The number of benzene rings is 1. The average molecular weight is 279 g/mol. The van der Waals surface area contributed by atoms with Crippen LogP contribution < -0.4 is 5.32 Å². The lowest BCUT2D eigenvalue weighted by Gasteiger charge is -2.29. The Hall–Kier alpha value is -1.55. The molecule has 112 valence electrons. The van der Waals surface area contributed by atoms with Gasteiger partial charge in [0.2, 0.25) is 0 Å². The van der Waals surface area contributed by atoms with Gasteiger partial charge >= 0.3 is 6.09 Å². The van der Waals surface area contributed by atoms with Gasteiger partial charge in [-0.2, -0.15) is 0 Å². The number of ether oxygens (including phenoxy) is 1. The first kappa shape index (κ1) is 16.5. The second-order valence-electron chi connectivity index (χ2n) is 6.27. The Morgan fingerprint density at radius 1 is 1.20 bits per heavy atom. The highest BCUT2D eigenvalue weighted by Crippen LogP contribution is 2.22.